The third kappa shape index (κ3) is 5.45. The third-order valence-electron chi connectivity index (χ3n) is 6.00. The second-order valence-electron chi connectivity index (χ2n) is 8.16. The quantitative estimate of drug-likeness (QED) is 0.309. The average molecular weight is 455 g/mol. The number of amides is 1. The second kappa shape index (κ2) is 11.2. The summed E-state index contributed by atoms with van der Waals surface area (Å²) < 4.78 is 0. The smallest absolute Gasteiger partial charge is 0.224 e. The first-order valence-electron chi connectivity index (χ1n) is 11.5. The number of thioether (sulfide) groups is 1. The average Bonchev–Trinajstić information content (AvgIpc) is 2.87. The standard InChI is InChI=1S/C29H30N2OS/c1-3-26(21-12-6-4-7-13-21)30-28(32)20-25-23-16-10-11-17-27(23)31-29(24(25)18-19-33-2)22-14-8-5-9-15-22/h4-17,26H,3,18-20H2,1-2H3,(H,30,32). The Morgan fingerprint density at radius 2 is 1.58 bits per heavy atom. The molecule has 0 aliphatic heterocycles. The fourth-order valence-electron chi connectivity index (χ4n) is 4.34. The number of pyridine rings is 1. The summed E-state index contributed by atoms with van der Waals surface area (Å²) in [6.45, 7) is 2.11. The van der Waals surface area contributed by atoms with Crippen molar-refractivity contribution in [3.63, 3.8) is 0 Å². The molecule has 1 aromatic heterocycles. The van der Waals surface area contributed by atoms with E-state index >= 15 is 0 Å². The Kier molecular flexibility index (Phi) is 7.79. The minimum absolute atomic E-state index is 0.00930. The van der Waals surface area contributed by atoms with Crippen molar-refractivity contribution in [1.29, 1.82) is 0 Å². The van der Waals surface area contributed by atoms with Crippen molar-refractivity contribution in [1.82, 2.24) is 10.3 Å². The molecule has 0 aliphatic rings. The van der Waals surface area contributed by atoms with E-state index in [2.05, 4.69) is 48.8 Å². The van der Waals surface area contributed by atoms with Gasteiger partial charge in [0.15, 0.2) is 0 Å². The van der Waals surface area contributed by atoms with E-state index in [1.807, 2.05) is 66.4 Å². The molecule has 0 aliphatic carbocycles. The van der Waals surface area contributed by atoms with Crippen molar-refractivity contribution < 1.29 is 4.79 Å². The number of hydrogen-bond donors (Lipinski definition) is 1. The van der Waals surface area contributed by atoms with Gasteiger partial charge in [-0.1, -0.05) is 85.8 Å². The molecule has 0 radical (unpaired) electrons. The van der Waals surface area contributed by atoms with Crippen LogP contribution in [0.25, 0.3) is 22.2 Å². The maximum absolute atomic E-state index is 13.3. The van der Waals surface area contributed by atoms with Gasteiger partial charge in [0.05, 0.1) is 23.7 Å². The fraction of sp³-hybridized carbons (Fsp3) is 0.241. The Balaban J connectivity index is 1.75. The first kappa shape index (κ1) is 23.1. The number of carbonyl (C=O) groups excluding carboxylic acids is 1. The highest BCUT2D eigenvalue weighted by atomic mass is 32.2. The van der Waals surface area contributed by atoms with Crippen molar-refractivity contribution in [2.75, 3.05) is 12.0 Å². The molecular weight excluding hydrogens is 424 g/mol. The van der Waals surface area contributed by atoms with E-state index in [0.717, 1.165) is 51.9 Å². The van der Waals surface area contributed by atoms with Crippen LogP contribution in [0.1, 0.15) is 36.1 Å². The minimum atomic E-state index is 0.00930. The van der Waals surface area contributed by atoms with Crippen LogP contribution in [0.15, 0.2) is 84.9 Å². The second-order valence-corrected chi connectivity index (χ2v) is 9.14. The highest BCUT2D eigenvalue weighted by Gasteiger charge is 2.20. The number of fused-ring (bicyclic) bond motifs is 1. The molecule has 33 heavy (non-hydrogen) atoms. The maximum atomic E-state index is 13.3. The van der Waals surface area contributed by atoms with E-state index in [1.54, 1.807) is 0 Å². The lowest BCUT2D eigenvalue weighted by molar-refractivity contribution is -0.121. The van der Waals surface area contributed by atoms with Gasteiger partial charge in [-0.2, -0.15) is 11.8 Å². The molecule has 4 rings (SSSR count). The molecule has 1 atom stereocenters. The summed E-state index contributed by atoms with van der Waals surface area (Å²) in [4.78, 5) is 18.4. The Morgan fingerprint density at radius 1 is 0.909 bits per heavy atom. The lowest BCUT2D eigenvalue weighted by atomic mass is 9.92. The molecule has 0 fully saturated rings. The highest BCUT2D eigenvalue weighted by molar-refractivity contribution is 7.98. The summed E-state index contributed by atoms with van der Waals surface area (Å²) in [5.74, 6) is 1.03. The summed E-state index contributed by atoms with van der Waals surface area (Å²) in [7, 11) is 0. The van der Waals surface area contributed by atoms with Crippen LogP contribution in [0.2, 0.25) is 0 Å². The van der Waals surface area contributed by atoms with E-state index in [1.165, 1.54) is 5.56 Å². The molecule has 3 nitrogen and oxygen atoms in total. The number of para-hydroxylation sites is 1. The number of nitrogens with one attached hydrogen (secondary N) is 1. The van der Waals surface area contributed by atoms with Crippen LogP contribution >= 0.6 is 11.8 Å². The number of hydrogen-bond acceptors (Lipinski definition) is 3. The normalized spacial score (nSPS) is 11.9. The van der Waals surface area contributed by atoms with E-state index < -0.39 is 0 Å². The van der Waals surface area contributed by atoms with Gasteiger partial charge in [0.1, 0.15) is 0 Å². The molecule has 0 spiro atoms. The first-order chi connectivity index (χ1) is 16.2. The summed E-state index contributed by atoms with van der Waals surface area (Å²) in [6, 6.07) is 28.7. The summed E-state index contributed by atoms with van der Waals surface area (Å²) in [5.41, 5.74) is 6.42. The van der Waals surface area contributed by atoms with Crippen LogP contribution in [0.3, 0.4) is 0 Å². The van der Waals surface area contributed by atoms with Crippen LogP contribution in [0.4, 0.5) is 0 Å². The lowest BCUT2D eigenvalue weighted by Crippen LogP contribution is -2.30. The van der Waals surface area contributed by atoms with Gasteiger partial charge in [-0.3, -0.25) is 4.79 Å². The third-order valence-corrected chi connectivity index (χ3v) is 6.61. The number of carbonyl (C=O) groups is 1. The monoisotopic (exact) mass is 454 g/mol. The molecule has 0 bridgehead atoms. The van der Waals surface area contributed by atoms with Gasteiger partial charge in [-0.25, -0.2) is 4.98 Å². The molecule has 1 heterocycles. The van der Waals surface area contributed by atoms with E-state index in [9.17, 15) is 4.79 Å². The van der Waals surface area contributed by atoms with Gasteiger partial charge < -0.3 is 5.32 Å². The zero-order valence-electron chi connectivity index (χ0n) is 19.3. The number of rotatable bonds is 9. The van der Waals surface area contributed by atoms with Gasteiger partial charge in [-0.05, 0) is 47.6 Å². The lowest BCUT2D eigenvalue weighted by Gasteiger charge is -2.20. The van der Waals surface area contributed by atoms with Gasteiger partial charge in [0.25, 0.3) is 0 Å². The maximum Gasteiger partial charge on any atom is 0.224 e. The molecule has 4 heteroatoms. The van der Waals surface area contributed by atoms with Crippen molar-refractivity contribution in [3.05, 3.63) is 102 Å². The van der Waals surface area contributed by atoms with E-state index in [4.69, 9.17) is 4.98 Å². The predicted molar refractivity (Wildman–Crippen MR) is 141 cm³/mol. The molecule has 168 valence electrons. The van der Waals surface area contributed by atoms with Crippen molar-refractivity contribution in [3.8, 4) is 11.3 Å². The fourth-order valence-corrected chi connectivity index (χ4v) is 4.75. The molecule has 0 saturated heterocycles. The van der Waals surface area contributed by atoms with Crippen molar-refractivity contribution in [2.45, 2.75) is 32.2 Å². The number of aromatic nitrogens is 1. The van der Waals surface area contributed by atoms with Crippen molar-refractivity contribution in [2.24, 2.45) is 0 Å². The molecule has 1 N–H and O–H groups in total. The largest absolute Gasteiger partial charge is 0.349 e. The molecular formula is C29H30N2OS. The Labute approximate surface area is 200 Å². The van der Waals surface area contributed by atoms with Crippen molar-refractivity contribution >= 4 is 28.6 Å². The van der Waals surface area contributed by atoms with Crippen LogP contribution in [-0.2, 0) is 17.6 Å². The molecule has 0 saturated carbocycles. The number of nitrogens with zero attached hydrogens (tertiary/aromatic N) is 1. The number of benzene rings is 3. The van der Waals surface area contributed by atoms with Crippen LogP contribution < -0.4 is 5.32 Å². The summed E-state index contributed by atoms with van der Waals surface area (Å²) in [5, 5.41) is 4.34. The first-order valence-corrected chi connectivity index (χ1v) is 12.9. The van der Waals surface area contributed by atoms with Gasteiger partial charge >= 0.3 is 0 Å². The Hall–Kier alpha value is -3.11. The zero-order valence-corrected chi connectivity index (χ0v) is 20.1. The molecule has 1 unspecified atom stereocenters. The van der Waals surface area contributed by atoms with Crippen LogP contribution in [0.5, 0.6) is 0 Å². The highest BCUT2D eigenvalue weighted by Crippen LogP contribution is 2.32. The predicted octanol–water partition coefficient (Wildman–Crippen LogP) is 6.62. The zero-order chi connectivity index (χ0) is 23.0. The molecule has 1 amide bonds. The van der Waals surface area contributed by atoms with E-state index in [0.29, 0.717) is 6.42 Å². The van der Waals surface area contributed by atoms with Gasteiger partial charge in [0, 0.05) is 10.9 Å². The molecule has 4 aromatic rings. The van der Waals surface area contributed by atoms with E-state index in [-0.39, 0.29) is 11.9 Å². The topological polar surface area (TPSA) is 42.0 Å². The van der Waals surface area contributed by atoms with Gasteiger partial charge in [0.2, 0.25) is 5.91 Å². The summed E-state index contributed by atoms with van der Waals surface area (Å²) >= 11 is 1.82. The minimum Gasteiger partial charge on any atom is -0.349 e. The summed E-state index contributed by atoms with van der Waals surface area (Å²) in [6.07, 6.45) is 4.19. The Morgan fingerprint density at radius 3 is 2.27 bits per heavy atom. The Bertz CT molecular complexity index is 1210. The SMILES string of the molecule is CCC(NC(=O)Cc1c(CCSC)c(-c2ccccc2)nc2ccccc12)c1ccccc1. The van der Waals surface area contributed by atoms with Crippen LogP contribution in [0, 0.1) is 0 Å². The molecule has 3 aromatic carbocycles. The van der Waals surface area contributed by atoms with Gasteiger partial charge in [-0.15, -0.1) is 0 Å². The van der Waals surface area contributed by atoms with Crippen LogP contribution in [-0.4, -0.2) is 22.9 Å².